The van der Waals surface area contributed by atoms with E-state index in [1.165, 1.54) is 0 Å². The highest BCUT2D eigenvalue weighted by Gasteiger charge is 2.27. The fraction of sp³-hybridized carbons (Fsp3) is 0.500. The van der Waals surface area contributed by atoms with Crippen molar-refractivity contribution >= 4 is 11.6 Å². The minimum absolute atomic E-state index is 0.00889. The highest BCUT2D eigenvalue weighted by Crippen LogP contribution is 2.35. The molecular weight excluding hydrogens is 230 g/mol. The number of nitrogens with zero attached hydrogens (tertiary/aromatic N) is 1. The fourth-order valence-electron chi connectivity index (χ4n) is 2.14. The van der Waals surface area contributed by atoms with Crippen molar-refractivity contribution in [3.05, 3.63) is 23.8 Å². The molecule has 2 unspecified atom stereocenters. The SMILES string of the molecule is CCC(=O)N1CC(C)Oc2ccc(C(C)O)cc21. The second-order valence-electron chi connectivity index (χ2n) is 4.69. The first-order chi connectivity index (χ1) is 8.52. The Morgan fingerprint density at radius 2 is 2.33 bits per heavy atom. The first-order valence-electron chi connectivity index (χ1n) is 6.32. The third-order valence-corrected chi connectivity index (χ3v) is 3.13. The normalized spacial score (nSPS) is 20.0. The van der Waals surface area contributed by atoms with Crippen LogP contribution >= 0.6 is 0 Å². The van der Waals surface area contributed by atoms with Gasteiger partial charge in [-0.25, -0.2) is 0 Å². The number of hydrogen-bond acceptors (Lipinski definition) is 3. The lowest BCUT2D eigenvalue weighted by molar-refractivity contribution is -0.118. The monoisotopic (exact) mass is 249 g/mol. The van der Waals surface area contributed by atoms with E-state index in [2.05, 4.69) is 0 Å². The van der Waals surface area contributed by atoms with E-state index >= 15 is 0 Å². The predicted octanol–water partition coefficient (Wildman–Crippen LogP) is 2.26. The molecule has 2 atom stereocenters. The van der Waals surface area contributed by atoms with Crippen LogP contribution in [0, 0.1) is 0 Å². The maximum absolute atomic E-state index is 12.0. The van der Waals surface area contributed by atoms with E-state index in [1.54, 1.807) is 11.8 Å². The average Bonchev–Trinajstić information content (AvgIpc) is 2.36. The number of hydrogen-bond donors (Lipinski definition) is 1. The van der Waals surface area contributed by atoms with Gasteiger partial charge in [0.15, 0.2) is 0 Å². The number of carbonyl (C=O) groups is 1. The van der Waals surface area contributed by atoms with Crippen molar-refractivity contribution in [2.75, 3.05) is 11.4 Å². The molecule has 1 aromatic carbocycles. The second-order valence-corrected chi connectivity index (χ2v) is 4.69. The van der Waals surface area contributed by atoms with E-state index in [4.69, 9.17) is 4.74 Å². The molecule has 0 saturated heterocycles. The van der Waals surface area contributed by atoms with Gasteiger partial charge < -0.3 is 14.7 Å². The van der Waals surface area contributed by atoms with Crippen LogP contribution in [0.4, 0.5) is 5.69 Å². The molecule has 18 heavy (non-hydrogen) atoms. The van der Waals surface area contributed by atoms with Crippen molar-refractivity contribution in [2.24, 2.45) is 0 Å². The average molecular weight is 249 g/mol. The Kier molecular flexibility index (Phi) is 3.57. The first-order valence-corrected chi connectivity index (χ1v) is 6.32. The van der Waals surface area contributed by atoms with Gasteiger partial charge in [-0.05, 0) is 31.5 Å². The first kappa shape index (κ1) is 12.9. The summed E-state index contributed by atoms with van der Waals surface area (Å²) in [4.78, 5) is 13.7. The van der Waals surface area contributed by atoms with Gasteiger partial charge in [0.25, 0.3) is 0 Å². The predicted molar refractivity (Wildman–Crippen MR) is 69.8 cm³/mol. The topological polar surface area (TPSA) is 49.8 Å². The number of anilines is 1. The lowest BCUT2D eigenvalue weighted by atomic mass is 10.1. The van der Waals surface area contributed by atoms with Crippen molar-refractivity contribution in [3.8, 4) is 5.75 Å². The molecule has 98 valence electrons. The molecule has 1 heterocycles. The van der Waals surface area contributed by atoms with Crippen LogP contribution in [0.25, 0.3) is 0 Å². The van der Waals surface area contributed by atoms with E-state index in [-0.39, 0.29) is 12.0 Å². The zero-order chi connectivity index (χ0) is 13.3. The smallest absolute Gasteiger partial charge is 0.226 e. The Labute approximate surface area is 107 Å². The number of amides is 1. The highest BCUT2D eigenvalue weighted by atomic mass is 16.5. The summed E-state index contributed by atoms with van der Waals surface area (Å²) in [6.07, 6.45) is -0.0935. The van der Waals surface area contributed by atoms with Crippen LogP contribution in [-0.2, 0) is 4.79 Å². The molecule has 0 aliphatic carbocycles. The van der Waals surface area contributed by atoms with E-state index in [1.807, 2.05) is 32.0 Å². The second kappa shape index (κ2) is 4.98. The summed E-state index contributed by atoms with van der Waals surface area (Å²) in [6, 6.07) is 5.48. The summed E-state index contributed by atoms with van der Waals surface area (Å²) in [5.74, 6) is 0.786. The van der Waals surface area contributed by atoms with Crippen molar-refractivity contribution in [1.29, 1.82) is 0 Å². The molecule has 0 fully saturated rings. The number of aliphatic hydroxyl groups excluding tert-OH is 1. The maximum Gasteiger partial charge on any atom is 0.226 e. The van der Waals surface area contributed by atoms with Crippen LogP contribution in [-0.4, -0.2) is 23.7 Å². The number of carbonyl (C=O) groups excluding carboxylic acids is 1. The zero-order valence-corrected chi connectivity index (χ0v) is 11.0. The van der Waals surface area contributed by atoms with Crippen molar-refractivity contribution in [3.63, 3.8) is 0 Å². The molecule has 2 rings (SSSR count). The van der Waals surface area contributed by atoms with Crippen LogP contribution < -0.4 is 9.64 Å². The number of ether oxygens (including phenoxy) is 1. The maximum atomic E-state index is 12.0. The van der Waals surface area contributed by atoms with Crippen LogP contribution in [0.15, 0.2) is 18.2 Å². The van der Waals surface area contributed by atoms with Crippen LogP contribution in [0.1, 0.15) is 38.9 Å². The lowest BCUT2D eigenvalue weighted by Crippen LogP contribution is -2.42. The van der Waals surface area contributed by atoms with Gasteiger partial charge in [-0.2, -0.15) is 0 Å². The molecule has 1 aromatic rings. The summed E-state index contributed by atoms with van der Waals surface area (Å²) >= 11 is 0. The van der Waals surface area contributed by atoms with E-state index in [9.17, 15) is 9.90 Å². The third-order valence-electron chi connectivity index (χ3n) is 3.13. The standard InChI is InChI=1S/C14H19NO3/c1-4-14(17)15-8-9(2)18-13-6-5-11(10(3)16)7-12(13)15/h5-7,9-10,16H,4,8H2,1-3H3. The fourth-order valence-corrected chi connectivity index (χ4v) is 2.14. The van der Waals surface area contributed by atoms with Gasteiger partial charge in [0.1, 0.15) is 11.9 Å². The molecule has 0 aromatic heterocycles. The van der Waals surface area contributed by atoms with Gasteiger partial charge in [0.05, 0.1) is 18.3 Å². The third kappa shape index (κ3) is 2.34. The van der Waals surface area contributed by atoms with Crippen molar-refractivity contribution < 1.29 is 14.6 Å². The molecule has 4 heteroatoms. The molecule has 1 aliphatic heterocycles. The zero-order valence-electron chi connectivity index (χ0n) is 11.0. The van der Waals surface area contributed by atoms with E-state index in [0.29, 0.717) is 18.7 Å². The number of aliphatic hydroxyl groups is 1. The number of fused-ring (bicyclic) bond motifs is 1. The minimum Gasteiger partial charge on any atom is -0.487 e. The van der Waals surface area contributed by atoms with Crippen LogP contribution in [0.3, 0.4) is 0 Å². The molecular formula is C14H19NO3. The molecule has 1 N–H and O–H groups in total. The van der Waals surface area contributed by atoms with Crippen molar-refractivity contribution in [2.45, 2.75) is 39.4 Å². The summed E-state index contributed by atoms with van der Waals surface area (Å²) in [6.45, 7) is 6.06. The van der Waals surface area contributed by atoms with Crippen LogP contribution in [0.2, 0.25) is 0 Å². The lowest BCUT2D eigenvalue weighted by Gasteiger charge is -2.33. The molecule has 1 aliphatic rings. The van der Waals surface area contributed by atoms with E-state index < -0.39 is 6.10 Å². The molecule has 0 radical (unpaired) electrons. The summed E-state index contributed by atoms with van der Waals surface area (Å²) in [5, 5.41) is 9.62. The summed E-state index contributed by atoms with van der Waals surface area (Å²) < 4.78 is 5.72. The molecule has 1 amide bonds. The highest BCUT2D eigenvalue weighted by molar-refractivity contribution is 5.95. The molecule has 0 saturated carbocycles. The van der Waals surface area contributed by atoms with Gasteiger partial charge in [-0.15, -0.1) is 0 Å². The Balaban J connectivity index is 2.44. The van der Waals surface area contributed by atoms with Crippen molar-refractivity contribution in [1.82, 2.24) is 0 Å². The molecule has 0 spiro atoms. The summed E-state index contributed by atoms with van der Waals surface area (Å²) in [5.41, 5.74) is 1.55. The number of benzene rings is 1. The Morgan fingerprint density at radius 3 is 2.94 bits per heavy atom. The largest absolute Gasteiger partial charge is 0.487 e. The molecule has 4 nitrogen and oxygen atoms in total. The minimum atomic E-state index is -0.548. The van der Waals surface area contributed by atoms with Gasteiger partial charge >= 0.3 is 0 Å². The Bertz CT molecular complexity index is 456. The number of rotatable bonds is 2. The van der Waals surface area contributed by atoms with Gasteiger partial charge in [-0.1, -0.05) is 13.0 Å². The summed E-state index contributed by atoms with van der Waals surface area (Å²) in [7, 11) is 0. The quantitative estimate of drug-likeness (QED) is 0.874. The van der Waals surface area contributed by atoms with Gasteiger partial charge in [0, 0.05) is 6.42 Å². The van der Waals surface area contributed by atoms with E-state index in [0.717, 1.165) is 11.3 Å². The Hall–Kier alpha value is -1.55. The van der Waals surface area contributed by atoms with Crippen LogP contribution in [0.5, 0.6) is 5.75 Å². The molecule has 0 bridgehead atoms. The van der Waals surface area contributed by atoms with Gasteiger partial charge in [-0.3, -0.25) is 4.79 Å². The van der Waals surface area contributed by atoms with Gasteiger partial charge in [0.2, 0.25) is 5.91 Å². The Morgan fingerprint density at radius 1 is 1.61 bits per heavy atom.